The van der Waals surface area contributed by atoms with Crippen molar-refractivity contribution in [2.24, 2.45) is 0 Å². The number of rotatable bonds is 9. The highest BCUT2D eigenvalue weighted by atomic mass is 32.2. The van der Waals surface area contributed by atoms with Gasteiger partial charge in [-0.15, -0.1) is 20.4 Å². The lowest BCUT2D eigenvalue weighted by molar-refractivity contribution is -0.113. The molecule has 2 aromatic heterocycles. The summed E-state index contributed by atoms with van der Waals surface area (Å²) in [6.45, 7) is 4.23. The number of carbonyl (C=O) groups excluding carboxylic acids is 1. The summed E-state index contributed by atoms with van der Waals surface area (Å²) in [6.07, 6.45) is 1.96. The second-order valence-corrected chi connectivity index (χ2v) is 9.20. The normalized spacial score (nSPS) is 11.2. The average Bonchev–Trinajstić information content (AvgIpc) is 3.47. The maximum absolute atomic E-state index is 14.5. The first-order chi connectivity index (χ1) is 16.1. The zero-order chi connectivity index (χ0) is 23.2. The number of anilines is 1. The molecule has 10 heteroatoms. The second kappa shape index (κ2) is 10.7. The fourth-order valence-corrected chi connectivity index (χ4v) is 5.14. The molecule has 4 rings (SSSR count). The number of halogens is 1. The van der Waals surface area contributed by atoms with Gasteiger partial charge in [0.05, 0.1) is 11.3 Å². The van der Waals surface area contributed by atoms with Gasteiger partial charge in [-0.25, -0.2) is 4.39 Å². The summed E-state index contributed by atoms with van der Waals surface area (Å²) in [4.78, 5) is 12.6. The smallest absolute Gasteiger partial charge is 0.236 e. The molecular formula is C23H23FN6OS2. The first kappa shape index (κ1) is 23.1. The molecule has 0 saturated carbocycles. The van der Waals surface area contributed by atoms with Gasteiger partial charge in [-0.3, -0.25) is 14.7 Å². The molecule has 2 aromatic carbocycles. The van der Waals surface area contributed by atoms with Gasteiger partial charge < -0.3 is 0 Å². The zero-order valence-electron chi connectivity index (χ0n) is 18.2. The topological polar surface area (TPSA) is 85.6 Å². The van der Waals surface area contributed by atoms with Gasteiger partial charge in [0.15, 0.2) is 11.0 Å². The number of hydrogen-bond donors (Lipinski definition) is 1. The van der Waals surface area contributed by atoms with E-state index in [-0.39, 0.29) is 17.5 Å². The van der Waals surface area contributed by atoms with Gasteiger partial charge >= 0.3 is 0 Å². The highest BCUT2D eigenvalue weighted by Gasteiger charge is 2.20. The van der Waals surface area contributed by atoms with Gasteiger partial charge in [-0.1, -0.05) is 67.3 Å². The summed E-state index contributed by atoms with van der Waals surface area (Å²) in [7, 11) is 0. The minimum absolute atomic E-state index is 0.0993. The molecule has 4 aromatic rings. The van der Waals surface area contributed by atoms with Gasteiger partial charge in [0.1, 0.15) is 10.8 Å². The van der Waals surface area contributed by atoms with E-state index < -0.39 is 0 Å². The van der Waals surface area contributed by atoms with E-state index in [0.29, 0.717) is 27.6 Å². The Morgan fingerprint density at radius 2 is 1.76 bits per heavy atom. The number of nitrogens with zero attached hydrogens (tertiary/aromatic N) is 5. The van der Waals surface area contributed by atoms with Crippen molar-refractivity contribution in [3.05, 3.63) is 65.4 Å². The van der Waals surface area contributed by atoms with Crippen LogP contribution < -0.4 is 5.32 Å². The van der Waals surface area contributed by atoms with Crippen LogP contribution in [0.5, 0.6) is 0 Å². The lowest BCUT2D eigenvalue weighted by Crippen LogP contribution is -2.14. The Bertz CT molecular complexity index is 1220. The molecule has 0 bridgehead atoms. The third-order valence-electron chi connectivity index (χ3n) is 5.12. The predicted molar refractivity (Wildman–Crippen MR) is 129 cm³/mol. The molecule has 2 heterocycles. The molecule has 0 saturated heterocycles. The van der Waals surface area contributed by atoms with Crippen molar-refractivity contribution in [3.63, 3.8) is 0 Å². The Labute approximate surface area is 199 Å². The van der Waals surface area contributed by atoms with Crippen molar-refractivity contribution in [2.45, 2.75) is 37.8 Å². The molecule has 0 radical (unpaired) electrons. The second-order valence-electron chi connectivity index (χ2n) is 7.25. The number of para-hydroxylation sites is 1. The third-order valence-corrected chi connectivity index (χ3v) is 7.05. The maximum atomic E-state index is 14.5. The molecule has 0 unspecified atom stereocenters. The van der Waals surface area contributed by atoms with Crippen LogP contribution in [-0.4, -0.2) is 36.6 Å². The molecule has 0 aliphatic heterocycles. The molecule has 0 atom stereocenters. The summed E-state index contributed by atoms with van der Waals surface area (Å²) >= 11 is 2.63. The number of benzene rings is 2. The summed E-state index contributed by atoms with van der Waals surface area (Å²) in [5.74, 6) is 0.218. The monoisotopic (exact) mass is 482 g/mol. The SMILES string of the molecule is CCC(CC)c1nnc(NC(=O)CSc2nnc(-c3ccccc3F)n2-c2ccccc2)s1. The minimum Gasteiger partial charge on any atom is -0.300 e. The lowest BCUT2D eigenvalue weighted by atomic mass is 10.1. The molecule has 0 aliphatic rings. The van der Waals surface area contributed by atoms with E-state index in [0.717, 1.165) is 23.5 Å². The largest absolute Gasteiger partial charge is 0.300 e. The van der Waals surface area contributed by atoms with E-state index in [9.17, 15) is 9.18 Å². The van der Waals surface area contributed by atoms with Crippen LogP contribution in [0.15, 0.2) is 59.8 Å². The van der Waals surface area contributed by atoms with Crippen LogP contribution in [-0.2, 0) is 4.79 Å². The highest BCUT2D eigenvalue weighted by Crippen LogP contribution is 2.30. The van der Waals surface area contributed by atoms with E-state index >= 15 is 0 Å². The quantitative estimate of drug-likeness (QED) is 0.314. The Balaban J connectivity index is 1.53. The van der Waals surface area contributed by atoms with Crippen LogP contribution in [0.2, 0.25) is 0 Å². The Morgan fingerprint density at radius 3 is 2.48 bits per heavy atom. The Hall–Kier alpha value is -3.11. The fraction of sp³-hybridized carbons (Fsp3) is 0.261. The summed E-state index contributed by atoms with van der Waals surface area (Å²) < 4.78 is 16.2. The maximum Gasteiger partial charge on any atom is 0.236 e. The van der Waals surface area contributed by atoms with Crippen LogP contribution in [0.4, 0.5) is 9.52 Å². The highest BCUT2D eigenvalue weighted by molar-refractivity contribution is 7.99. The number of amides is 1. The first-order valence-corrected chi connectivity index (χ1v) is 12.4. The summed E-state index contributed by atoms with van der Waals surface area (Å²) in [6, 6.07) is 15.9. The number of hydrogen-bond acceptors (Lipinski definition) is 7. The Morgan fingerprint density at radius 1 is 1.03 bits per heavy atom. The molecule has 0 aliphatic carbocycles. The van der Waals surface area contributed by atoms with Crippen LogP contribution in [0, 0.1) is 5.82 Å². The average molecular weight is 483 g/mol. The van der Waals surface area contributed by atoms with Crippen LogP contribution >= 0.6 is 23.1 Å². The molecule has 7 nitrogen and oxygen atoms in total. The molecule has 0 spiro atoms. The van der Waals surface area contributed by atoms with Crippen LogP contribution in [0.3, 0.4) is 0 Å². The van der Waals surface area contributed by atoms with Crippen molar-refractivity contribution in [3.8, 4) is 17.1 Å². The van der Waals surface area contributed by atoms with E-state index in [2.05, 4.69) is 39.6 Å². The van der Waals surface area contributed by atoms with Gasteiger partial charge in [-0.2, -0.15) is 0 Å². The Kier molecular flexibility index (Phi) is 7.46. The molecule has 1 N–H and O–H groups in total. The molecule has 0 fully saturated rings. The van der Waals surface area contributed by atoms with Gasteiger partial charge in [0, 0.05) is 11.6 Å². The van der Waals surface area contributed by atoms with Crippen LogP contribution in [0.25, 0.3) is 17.1 Å². The first-order valence-electron chi connectivity index (χ1n) is 10.6. The third kappa shape index (κ3) is 5.28. The van der Waals surface area contributed by atoms with E-state index in [1.165, 1.54) is 29.2 Å². The van der Waals surface area contributed by atoms with Crippen molar-refractivity contribution in [2.75, 3.05) is 11.1 Å². The van der Waals surface area contributed by atoms with E-state index in [1.54, 1.807) is 22.8 Å². The van der Waals surface area contributed by atoms with Crippen molar-refractivity contribution >= 4 is 34.1 Å². The van der Waals surface area contributed by atoms with Crippen molar-refractivity contribution < 1.29 is 9.18 Å². The molecular weight excluding hydrogens is 459 g/mol. The number of thioether (sulfide) groups is 1. The summed E-state index contributed by atoms with van der Waals surface area (Å²) in [5, 5.41) is 21.5. The molecule has 33 heavy (non-hydrogen) atoms. The predicted octanol–water partition coefficient (Wildman–Crippen LogP) is 5.56. The summed E-state index contributed by atoms with van der Waals surface area (Å²) in [5.41, 5.74) is 1.12. The van der Waals surface area contributed by atoms with Gasteiger partial charge in [0.2, 0.25) is 11.0 Å². The van der Waals surface area contributed by atoms with Crippen molar-refractivity contribution in [1.82, 2.24) is 25.0 Å². The fourth-order valence-electron chi connectivity index (χ4n) is 3.36. The lowest BCUT2D eigenvalue weighted by Gasteiger charge is -2.10. The van der Waals surface area contributed by atoms with Gasteiger partial charge in [0.25, 0.3) is 0 Å². The number of carbonyl (C=O) groups is 1. The minimum atomic E-state index is -0.388. The van der Waals surface area contributed by atoms with Gasteiger partial charge in [-0.05, 0) is 37.1 Å². The molecule has 170 valence electrons. The van der Waals surface area contributed by atoms with E-state index in [4.69, 9.17) is 0 Å². The van der Waals surface area contributed by atoms with Crippen molar-refractivity contribution in [1.29, 1.82) is 0 Å². The standard InChI is InChI=1S/C23H23FN6OS2/c1-3-15(4-2)21-27-28-22(33-21)25-19(31)14-32-23-29-26-20(17-12-8-9-13-18(17)24)30(23)16-10-6-5-7-11-16/h5-13,15H,3-4,14H2,1-2H3,(H,25,28,31). The van der Waals surface area contributed by atoms with E-state index in [1.807, 2.05) is 30.3 Å². The molecule has 1 amide bonds. The van der Waals surface area contributed by atoms with Crippen LogP contribution in [0.1, 0.15) is 37.6 Å². The number of nitrogens with one attached hydrogen (secondary N) is 1. The number of aromatic nitrogens is 5. The zero-order valence-corrected chi connectivity index (χ0v) is 19.9.